The molecule has 152 valence electrons. The summed E-state index contributed by atoms with van der Waals surface area (Å²) in [5.74, 6) is 0.503. The van der Waals surface area contributed by atoms with E-state index in [2.05, 4.69) is 4.98 Å². The van der Waals surface area contributed by atoms with Crippen molar-refractivity contribution < 1.29 is 9.53 Å². The molecule has 8 heteroatoms. The molecule has 0 atom stereocenters. The van der Waals surface area contributed by atoms with E-state index in [0.717, 1.165) is 12.0 Å². The number of carbonyl (C=O) groups excluding carboxylic acids is 1. The molecule has 0 saturated carbocycles. The number of nitrogens with zero attached hydrogens (tertiary/aromatic N) is 3. The van der Waals surface area contributed by atoms with Crippen molar-refractivity contribution in [2.75, 3.05) is 6.54 Å². The average molecular weight is 438 g/mol. The van der Waals surface area contributed by atoms with Crippen LogP contribution in [0.2, 0.25) is 0 Å². The van der Waals surface area contributed by atoms with Gasteiger partial charge in [0.05, 0.1) is 4.91 Å². The van der Waals surface area contributed by atoms with E-state index in [1.54, 1.807) is 29.3 Å². The Morgan fingerprint density at radius 1 is 1.17 bits per heavy atom. The lowest BCUT2D eigenvalue weighted by Crippen LogP contribution is -2.28. The molecule has 1 fully saturated rings. The van der Waals surface area contributed by atoms with Crippen LogP contribution in [-0.2, 0) is 4.79 Å². The van der Waals surface area contributed by atoms with Crippen LogP contribution in [0, 0.1) is 6.92 Å². The lowest BCUT2D eigenvalue weighted by Gasteiger charge is -2.12. The number of thioether (sulfide) groups is 1. The van der Waals surface area contributed by atoms with Crippen molar-refractivity contribution in [3.63, 3.8) is 0 Å². The molecule has 3 heterocycles. The van der Waals surface area contributed by atoms with Crippen LogP contribution in [-0.4, -0.2) is 31.1 Å². The molecule has 1 aliphatic rings. The van der Waals surface area contributed by atoms with Gasteiger partial charge in [-0.05, 0) is 43.2 Å². The standard InChI is InChI=1S/C22H19N3O3S2/c1-3-11-25-21(27)17(30-22(25)29)13-16-19(28-15-9-5-4-6-10-15)23-18-14(2)8-7-12-24(18)20(16)26/h4-10,12-13H,3,11H2,1-2H3. The fraction of sp³-hybridized carbons (Fsp3) is 0.182. The molecule has 3 aromatic rings. The molecule has 0 N–H and O–H groups in total. The first-order valence-corrected chi connectivity index (χ1v) is 10.7. The van der Waals surface area contributed by atoms with Crippen LogP contribution in [0.4, 0.5) is 0 Å². The van der Waals surface area contributed by atoms with Gasteiger partial charge in [-0.1, -0.05) is 55.2 Å². The van der Waals surface area contributed by atoms with E-state index in [1.807, 2.05) is 38.1 Å². The number of hydrogen-bond acceptors (Lipinski definition) is 6. The smallest absolute Gasteiger partial charge is 0.269 e. The molecule has 1 amide bonds. The molecular formula is C22H19N3O3S2. The SMILES string of the molecule is CCCN1C(=O)C(=Cc2c(Oc3ccccc3)nc3c(C)cccn3c2=O)SC1=S. The van der Waals surface area contributed by atoms with Crippen molar-refractivity contribution in [3.8, 4) is 11.6 Å². The number of benzene rings is 1. The van der Waals surface area contributed by atoms with Crippen molar-refractivity contribution in [3.05, 3.63) is 75.0 Å². The Bertz CT molecular complexity index is 1240. The third-order valence-electron chi connectivity index (χ3n) is 4.60. The number of ether oxygens (including phenoxy) is 1. The minimum atomic E-state index is -0.310. The molecule has 6 nitrogen and oxygen atoms in total. The van der Waals surface area contributed by atoms with Gasteiger partial charge in [0.15, 0.2) is 0 Å². The summed E-state index contributed by atoms with van der Waals surface area (Å²) >= 11 is 6.52. The Labute approximate surface area is 183 Å². The van der Waals surface area contributed by atoms with Gasteiger partial charge in [-0.2, -0.15) is 4.98 Å². The van der Waals surface area contributed by atoms with Gasteiger partial charge in [0.25, 0.3) is 11.5 Å². The quantitative estimate of drug-likeness (QED) is 0.435. The van der Waals surface area contributed by atoms with Crippen molar-refractivity contribution in [1.29, 1.82) is 0 Å². The lowest BCUT2D eigenvalue weighted by molar-refractivity contribution is -0.122. The Hall–Kier alpha value is -2.97. The molecule has 0 aliphatic carbocycles. The van der Waals surface area contributed by atoms with Gasteiger partial charge in [-0.25, -0.2) is 0 Å². The minimum absolute atomic E-state index is 0.154. The maximum Gasteiger partial charge on any atom is 0.269 e. The Morgan fingerprint density at radius 3 is 2.67 bits per heavy atom. The molecule has 30 heavy (non-hydrogen) atoms. The van der Waals surface area contributed by atoms with Gasteiger partial charge in [0, 0.05) is 12.7 Å². The van der Waals surface area contributed by atoms with Crippen LogP contribution in [0.5, 0.6) is 11.6 Å². The summed E-state index contributed by atoms with van der Waals surface area (Å²) in [6.07, 6.45) is 3.99. The second-order valence-corrected chi connectivity index (χ2v) is 8.44. The number of para-hydroxylation sites is 1. The maximum atomic E-state index is 13.3. The third-order valence-corrected chi connectivity index (χ3v) is 5.98. The van der Waals surface area contributed by atoms with E-state index in [4.69, 9.17) is 17.0 Å². The number of amides is 1. The topological polar surface area (TPSA) is 63.9 Å². The van der Waals surface area contributed by atoms with Crippen molar-refractivity contribution >= 4 is 45.9 Å². The number of carbonyl (C=O) groups is 1. The number of thiocarbonyl (C=S) groups is 1. The summed E-state index contributed by atoms with van der Waals surface area (Å²) in [4.78, 5) is 32.6. The third kappa shape index (κ3) is 3.76. The Balaban J connectivity index is 1.88. The normalized spacial score (nSPS) is 15.4. The van der Waals surface area contributed by atoms with Gasteiger partial charge in [-0.3, -0.25) is 18.9 Å². The molecule has 0 radical (unpaired) electrons. The Morgan fingerprint density at radius 2 is 1.93 bits per heavy atom. The van der Waals surface area contributed by atoms with E-state index in [1.165, 1.54) is 22.2 Å². The van der Waals surface area contributed by atoms with Crippen LogP contribution in [0.3, 0.4) is 0 Å². The number of hydrogen-bond donors (Lipinski definition) is 0. The average Bonchev–Trinajstić information content (AvgIpc) is 3.00. The first-order chi connectivity index (χ1) is 14.5. The van der Waals surface area contributed by atoms with Crippen LogP contribution in [0.15, 0.2) is 58.4 Å². The molecular weight excluding hydrogens is 418 g/mol. The van der Waals surface area contributed by atoms with Gasteiger partial charge in [-0.15, -0.1) is 0 Å². The molecule has 0 bridgehead atoms. The molecule has 0 spiro atoms. The molecule has 0 unspecified atom stereocenters. The monoisotopic (exact) mass is 437 g/mol. The fourth-order valence-electron chi connectivity index (χ4n) is 3.14. The summed E-state index contributed by atoms with van der Waals surface area (Å²) in [5, 5.41) is 0. The van der Waals surface area contributed by atoms with Crippen molar-refractivity contribution in [2.45, 2.75) is 20.3 Å². The first kappa shape index (κ1) is 20.3. The molecule has 2 aromatic heterocycles. The largest absolute Gasteiger partial charge is 0.438 e. The number of aryl methyl sites for hydroxylation is 1. The summed E-state index contributed by atoms with van der Waals surface area (Å²) in [5.41, 5.74) is 1.24. The van der Waals surface area contributed by atoms with E-state index in [0.29, 0.717) is 27.2 Å². The van der Waals surface area contributed by atoms with Gasteiger partial charge >= 0.3 is 0 Å². The summed E-state index contributed by atoms with van der Waals surface area (Å²) in [6, 6.07) is 12.8. The van der Waals surface area contributed by atoms with Crippen LogP contribution in [0.1, 0.15) is 24.5 Å². The highest BCUT2D eigenvalue weighted by Crippen LogP contribution is 2.34. The highest BCUT2D eigenvalue weighted by Gasteiger charge is 2.32. The van der Waals surface area contributed by atoms with Crippen LogP contribution in [0.25, 0.3) is 11.7 Å². The zero-order valence-corrected chi connectivity index (χ0v) is 18.1. The number of aromatic nitrogens is 2. The molecule has 4 rings (SSSR count). The molecule has 1 aromatic carbocycles. The second kappa shape index (κ2) is 8.41. The van der Waals surface area contributed by atoms with Gasteiger partial charge in [0.1, 0.15) is 21.3 Å². The summed E-state index contributed by atoms with van der Waals surface area (Å²) < 4.78 is 7.92. The Kier molecular flexibility index (Phi) is 5.69. The molecule has 1 aliphatic heterocycles. The molecule has 1 saturated heterocycles. The number of rotatable bonds is 5. The highest BCUT2D eigenvalue weighted by atomic mass is 32.2. The highest BCUT2D eigenvalue weighted by molar-refractivity contribution is 8.26. The van der Waals surface area contributed by atoms with E-state index < -0.39 is 0 Å². The summed E-state index contributed by atoms with van der Waals surface area (Å²) in [7, 11) is 0. The zero-order valence-electron chi connectivity index (χ0n) is 16.5. The number of fused-ring (bicyclic) bond motifs is 1. The van der Waals surface area contributed by atoms with Crippen LogP contribution < -0.4 is 10.3 Å². The van der Waals surface area contributed by atoms with Crippen LogP contribution >= 0.6 is 24.0 Å². The fourth-order valence-corrected chi connectivity index (χ4v) is 4.43. The first-order valence-electron chi connectivity index (χ1n) is 9.50. The van der Waals surface area contributed by atoms with Gasteiger partial charge in [0.2, 0.25) is 5.88 Å². The predicted molar refractivity (Wildman–Crippen MR) is 123 cm³/mol. The lowest BCUT2D eigenvalue weighted by atomic mass is 10.2. The van der Waals surface area contributed by atoms with Crippen molar-refractivity contribution in [2.24, 2.45) is 0 Å². The summed E-state index contributed by atoms with van der Waals surface area (Å²) in [6.45, 7) is 4.41. The van der Waals surface area contributed by atoms with E-state index in [9.17, 15) is 9.59 Å². The van der Waals surface area contributed by atoms with E-state index >= 15 is 0 Å². The predicted octanol–water partition coefficient (Wildman–Crippen LogP) is 4.41. The van der Waals surface area contributed by atoms with E-state index in [-0.39, 0.29) is 22.9 Å². The van der Waals surface area contributed by atoms with Gasteiger partial charge < -0.3 is 4.74 Å². The number of pyridine rings is 1. The second-order valence-electron chi connectivity index (χ2n) is 6.77. The van der Waals surface area contributed by atoms with Crippen molar-refractivity contribution in [1.82, 2.24) is 14.3 Å². The maximum absolute atomic E-state index is 13.3. The zero-order chi connectivity index (χ0) is 21.3. The minimum Gasteiger partial charge on any atom is -0.438 e.